The van der Waals surface area contributed by atoms with Crippen molar-refractivity contribution in [2.24, 2.45) is 0 Å². The van der Waals surface area contributed by atoms with E-state index in [2.05, 4.69) is 0 Å². The Kier molecular flexibility index (Phi) is 6.16. The van der Waals surface area contributed by atoms with E-state index in [1.807, 2.05) is 121 Å². The number of rotatable bonds is 9. The molecule has 0 saturated heterocycles. The maximum atomic E-state index is 6.26. The second-order valence-corrected chi connectivity index (χ2v) is 6.53. The van der Waals surface area contributed by atoms with Crippen LogP contribution in [0.4, 0.5) is 0 Å². The molecule has 0 aliphatic carbocycles. The molecule has 0 spiro atoms. The highest BCUT2D eigenvalue weighted by Gasteiger charge is 2.40. The first-order chi connectivity index (χ1) is 14.8. The van der Waals surface area contributed by atoms with E-state index >= 15 is 0 Å². The van der Waals surface area contributed by atoms with Crippen LogP contribution in [0, 0.1) is 0 Å². The molecule has 0 saturated carbocycles. The summed E-state index contributed by atoms with van der Waals surface area (Å²) in [4.78, 5) is 0. The van der Waals surface area contributed by atoms with Crippen LogP contribution in [0.1, 0.15) is 0 Å². The average Bonchev–Trinajstić information content (AvgIpc) is 2.80. The molecule has 0 aliphatic heterocycles. The normalized spacial score (nSPS) is 10.8. The first kappa shape index (κ1) is 19.4. The highest BCUT2D eigenvalue weighted by Crippen LogP contribution is 2.28. The van der Waals surface area contributed by atoms with Crippen LogP contribution in [0.5, 0.6) is 23.0 Å². The minimum atomic E-state index is -1.56. The summed E-state index contributed by atoms with van der Waals surface area (Å²) in [7, 11) is 0. The smallest absolute Gasteiger partial charge is 0.453 e. The van der Waals surface area contributed by atoms with Crippen molar-refractivity contribution in [3.05, 3.63) is 121 Å². The van der Waals surface area contributed by atoms with Gasteiger partial charge >= 0.3 is 5.97 Å². The summed E-state index contributed by atoms with van der Waals surface area (Å²) in [6.07, 6.45) is 0. The van der Waals surface area contributed by atoms with Gasteiger partial charge in [-0.3, -0.25) is 0 Å². The number of hydrogen-bond donors (Lipinski definition) is 0. The van der Waals surface area contributed by atoms with Crippen LogP contribution in [0.3, 0.4) is 0 Å². The molecule has 0 heterocycles. The predicted molar refractivity (Wildman–Crippen MR) is 116 cm³/mol. The molecule has 0 unspecified atom stereocenters. The minimum Gasteiger partial charge on any atom is -0.481 e. The molecule has 4 aromatic carbocycles. The molecular formula is C26H22O4. The SMILES string of the molecule is c1ccc(OCC(Oc2ccccc2)(Oc2ccccc2)Oc2ccccc2)cc1. The van der Waals surface area contributed by atoms with Gasteiger partial charge in [0.25, 0.3) is 0 Å². The quantitative estimate of drug-likeness (QED) is 0.326. The van der Waals surface area contributed by atoms with Gasteiger partial charge in [0.05, 0.1) is 0 Å². The Labute approximate surface area is 176 Å². The van der Waals surface area contributed by atoms with Crippen molar-refractivity contribution < 1.29 is 18.9 Å². The van der Waals surface area contributed by atoms with Crippen molar-refractivity contribution in [3.8, 4) is 23.0 Å². The zero-order valence-corrected chi connectivity index (χ0v) is 16.4. The van der Waals surface area contributed by atoms with Gasteiger partial charge in [0.2, 0.25) is 6.61 Å². The lowest BCUT2D eigenvalue weighted by molar-refractivity contribution is -0.266. The van der Waals surface area contributed by atoms with Crippen molar-refractivity contribution in [1.82, 2.24) is 0 Å². The van der Waals surface area contributed by atoms with Gasteiger partial charge < -0.3 is 18.9 Å². The first-order valence-electron chi connectivity index (χ1n) is 9.71. The molecule has 4 rings (SSSR count). The third-order valence-electron chi connectivity index (χ3n) is 4.21. The largest absolute Gasteiger partial charge is 0.481 e. The number of benzene rings is 4. The predicted octanol–water partition coefficient (Wildman–Crippen LogP) is 5.96. The fourth-order valence-corrected chi connectivity index (χ4v) is 2.84. The molecule has 0 bridgehead atoms. The van der Waals surface area contributed by atoms with Crippen molar-refractivity contribution in [2.75, 3.05) is 6.61 Å². The fraction of sp³-hybridized carbons (Fsp3) is 0.0769. The van der Waals surface area contributed by atoms with Crippen LogP contribution in [-0.2, 0) is 0 Å². The van der Waals surface area contributed by atoms with Crippen LogP contribution in [0.15, 0.2) is 121 Å². The van der Waals surface area contributed by atoms with Gasteiger partial charge in [-0.15, -0.1) is 0 Å². The lowest BCUT2D eigenvalue weighted by Gasteiger charge is -2.33. The summed E-state index contributed by atoms with van der Waals surface area (Å²) in [5.41, 5.74) is 0. The molecule has 0 aromatic heterocycles. The lowest BCUT2D eigenvalue weighted by Crippen LogP contribution is -2.53. The van der Waals surface area contributed by atoms with Gasteiger partial charge in [-0.2, -0.15) is 0 Å². The first-order valence-corrected chi connectivity index (χ1v) is 9.71. The van der Waals surface area contributed by atoms with Gasteiger partial charge in [0.15, 0.2) is 0 Å². The Bertz CT molecular complexity index is 904. The fourth-order valence-electron chi connectivity index (χ4n) is 2.84. The van der Waals surface area contributed by atoms with E-state index in [1.165, 1.54) is 0 Å². The van der Waals surface area contributed by atoms with E-state index < -0.39 is 5.97 Å². The molecule has 30 heavy (non-hydrogen) atoms. The minimum absolute atomic E-state index is 0.00427. The second kappa shape index (κ2) is 9.52. The second-order valence-electron chi connectivity index (χ2n) is 6.53. The third-order valence-corrected chi connectivity index (χ3v) is 4.21. The summed E-state index contributed by atoms with van der Waals surface area (Å²) >= 11 is 0. The molecular weight excluding hydrogens is 376 g/mol. The molecule has 0 amide bonds. The summed E-state index contributed by atoms with van der Waals surface area (Å²) < 4.78 is 24.8. The molecule has 0 N–H and O–H groups in total. The monoisotopic (exact) mass is 398 g/mol. The van der Waals surface area contributed by atoms with E-state index in [0.717, 1.165) is 0 Å². The van der Waals surface area contributed by atoms with Gasteiger partial charge in [-0.1, -0.05) is 72.8 Å². The summed E-state index contributed by atoms with van der Waals surface area (Å²) in [6.45, 7) is -0.00427. The van der Waals surface area contributed by atoms with E-state index in [1.54, 1.807) is 0 Å². The van der Waals surface area contributed by atoms with Crippen molar-refractivity contribution in [2.45, 2.75) is 5.97 Å². The van der Waals surface area contributed by atoms with Gasteiger partial charge in [-0.25, -0.2) is 0 Å². The van der Waals surface area contributed by atoms with Gasteiger partial charge in [0, 0.05) is 0 Å². The van der Waals surface area contributed by atoms with Crippen LogP contribution in [0.25, 0.3) is 0 Å². The number of para-hydroxylation sites is 4. The van der Waals surface area contributed by atoms with Gasteiger partial charge in [0.1, 0.15) is 23.0 Å². The molecule has 0 aliphatic rings. The van der Waals surface area contributed by atoms with E-state index in [4.69, 9.17) is 18.9 Å². The molecule has 4 aromatic rings. The van der Waals surface area contributed by atoms with E-state index in [0.29, 0.717) is 23.0 Å². The third kappa shape index (κ3) is 5.32. The standard InChI is InChI=1S/C26H22O4/c1-5-13-22(14-6-1)27-21-26(28-23-15-7-2-8-16-23,29-24-17-9-3-10-18-24)30-25-19-11-4-12-20-25/h1-20H,21H2. The Hall–Kier alpha value is -3.92. The van der Waals surface area contributed by atoms with Crippen molar-refractivity contribution >= 4 is 0 Å². The Morgan fingerprint density at radius 3 is 1.03 bits per heavy atom. The zero-order valence-electron chi connectivity index (χ0n) is 16.4. The summed E-state index contributed by atoms with van der Waals surface area (Å²) in [6, 6.07) is 37.7. The van der Waals surface area contributed by atoms with Crippen LogP contribution < -0.4 is 18.9 Å². The maximum Gasteiger partial charge on any atom is 0.453 e. The number of hydrogen-bond acceptors (Lipinski definition) is 4. The molecule has 0 radical (unpaired) electrons. The molecule has 150 valence electrons. The van der Waals surface area contributed by atoms with E-state index in [9.17, 15) is 0 Å². The lowest BCUT2D eigenvalue weighted by atomic mass is 10.3. The maximum absolute atomic E-state index is 6.26. The topological polar surface area (TPSA) is 36.9 Å². The Balaban J connectivity index is 1.69. The molecule has 4 heteroatoms. The molecule has 0 atom stereocenters. The summed E-state index contributed by atoms with van der Waals surface area (Å²) in [5.74, 6) is 0.926. The van der Waals surface area contributed by atoms with E-state index in [-0.39, 0.29) is 6.61 Å². The van der Waals surface area contributed by atoms with Crippen LogP contribution in [0.2, 0.25) is 0 Å². The molecule has 0 fully saturated rings. The highest BCUT2D eigenvalue weighted by molar-refractivity contribution is 5.27. The number of ether oxygens (including phenoxy) is 4. The van der Waals surface area contributed by atoms with Crippen molar-refractivity contribution in [3.63, 3.8) is 0 Å². The Morgan fingerprint density at radius 2 is 0.700 bits per heavy atom. The van der Waals surface area contributed by atoms with Gasteiger partial charge in [-0.05, 0) is 48.5 Å². The zero-order chi connectivity index (χ0) is 20.5. The highest BCUT2D eigenvalue weighted by atomic mass is 16.9. The molecule has 4 nitrogen and oxygen atoms in total. The summed E-state index contributed by atoms with van der Waals surface area (Å²) in [5, 5.41) is 0. The average molecular weight is 398 g/mol. The van der Waals surface area contributed by atoms with Crippen LogP contribution in [-0.4, -0.2) is 12.6 Å². The van der Waals surface area contributed by atoms with Crippen molar-refractivity contribution in [1.29, 1.82) is 0 Å². The Morgan fingerprint density at radius 1 is 0.400 bits per heavy atom. The van der Waals surface area contributed by atoms with Crippen LogP contribution >= 0.6 is 0 Å².